The zero-order valence-electron chi connectivity index (χ0n) is 13.6. The minimum atomic E-state index is -4.23. The number of rotatable bonds is 5. The van der Waals surface area contributed by atoms with Crippen molar-refractivity contribution >= 4 is 15.8 Å². The number of nitrogens with one attached hydrogen (secondary N) is 1. The van der Waals surface area contributed by atoms with Crippen molar-refractivity contribution in [2.45, 2.75) is 6.92 Å². The van der Waals surface area contributed by atoms with Gasteiger partial charge in [0.25, 0.3) is 15.7 Å². The minimum absolute atomic E-state index is 0.124. The Balaban J connectivity index is 1.99. The number of benzene rings is 1. The molecule has 3 aromatic rings. The van der Waals surface area contributed by atoms with Crippen LogP contribution < -0.4 is 10.9 Å². The smallest absolute Gasteiger partial charge is 0.295 e. The van der Waals surface area contributed by atoms with Crippen LogP contribution in [0, 0.1) is 6.92 Å². The van der Waals surface area contributed by atoms with E-state index in [1.165, 1.54) is 4.68 Å². The van der Waals surface area contributed by atoms with Crippen LogP contribution in [0.5, 0.6) is 0 Å². The first-order valence-electron chi connectivity index (χ1n) is 7.38. The van der Waals surface area contributed by atoms with Gasteiger partial charge in [0.1, 0.15) is 11.6 Å². The molecule has 0 fully saturated rings. The summed E-state index contributed by atoms with van der Waals surface area (Å²) in [6.07, 6.45) is 3.21. The molecule has 2 heterocycles. The van der Waals surface area contributed by atoms with Crippen LogP contribution in [0.1, 0.15) is 5.69 Å². The van der Waals surface area contributed by atoms with Crippen molar-refractivity contribution in [2.75, 3.05) is 11.2 Å². The molecular formula is C16H17N3O5S. The second-order valence-electron chi connectivity index (χ2n) is 5.56. The van der Waals surface area contributed by atoms with Crippen LogP contribution in [-0.4, -0.2) is 28.2 Å². The zero-order chi connectivity index (χ0) is 18.2. The van der Waals surface area contributed by atoms with Crippen molar-refractivity contribution in [3.05, 3.63) is 58.9 Å². The van der Waals surface area contributed by atoms with E-state index in [2.05, 4.69) is 5.32 Å². The summed E-state index contributed by atoms with van der Waals surface area (Å²) in [5.74, 6) is -0.730. The molecule has 0 bridgehead atoms. The van der Waals surface area contributed by atoms with Gasteiger partial charge in [-0.15, -0.1) is 0 Å². The molecule has 0 saturated carbocycles. The molecule has 0 atom stereocenters. The number of furan rings is 1. The van der Waals surface area contributed by atoms with Gasteiger partial charge in [-0.1, -0.05) is 12.1 Å². The molecule has 0 aliphatic carbocycles. The summed E-state index contributed by atoms with van der Waals surface area (Å²) in [5, 5.41) is 2.48. The Morgan fingerprint density at radius 3 is 2.40 bits per heavy atom. The van der Waals surface area contributed by atoms with Crippen molar-refractivity contribution in [3.63, 3.8) is 0 Å². The Hall–Kier alpha value is -2.78. The van der Waals surface area contributed by atoms with Gasteiger partial charge in [-0.25, -0.2) is 4.68 Å². The average Bonchev–Trinajstić information content (AvgIpc) is 3.15. The van der Waals surface area contributed by atoms with Gasteiger partial charge >= 0.3 is 0 Å². The Bertz CT molecular complexity index is 1040. The van der Waals surface area contributed by atoms with E-state index in [0.717, 1.165) is 11.1 Å². The molecule has 25 heavy (non-hydrogen) atoms. The van der Waals surface area contributed by atoms with Crippen molar-refractivity contribution < 1.29 is 17.4 Å². The number of nitrogens with zero attached hydrogens (tertiary/aromatic N) is 2. The lowest BCUT2D eigenvalue weighted by molar-refractivity contribution is 0.485. The van der Waals surface area contributed by atoms with E-state index < -0.39 is 21.6 Å². The van der Waals surface area contributed by atoms with Crippen molar-refractivity contribution in [1.82, 2.24) is 9.36 Å². The van der Waals surface area contributed by atoms with E-state index >= 15 is 0 Å². The summed E-state index contributed by atoms with van der Waals surface area (Å²) in [5.41, 5.74) is 2.77. The molecule has 1 aromatic carbocycles. The second kappa shape index (κ2) is 6.26. The first-order valence-corrected chi connectivity index (χ1v) is 8.99. The van der Waals surface area contributed by atoms with Crippen molar-refractivity contribution in [1.29, 1.82) is 0 Å². The second-order valence-corrected chi connectivity index (χ2v) is 7.02. The standard InChI is InChI=1S/C16H17N3O5S/c1-11-15(17-10-25(21,22)23)16(20)19(18(11)2)14-5-3-12(4-6-14)13-7-8-24-9-13/h3-9,17H,10H2,1-2H3,(H,21,22,23). The van der Waals surface area contributed by atoms with E-state index in [0.29, 0.717) is 11.4 Å². The number of hydrogen-bond acceptors (Lipinski definition) is 5. The molecule has 0 aliphatic rings. The summed E-state index contributed by atoms with van der Waals surface area (Å²) in [4.78, 5) is 12.6. The van der Waals surface area contributed by atoms with Crippen LogP contribution in [0.4, 0.5) is 5.69 Å². The highest BCUT2D eigenvalue weighted by molar-refractivity contribution is 7.85. The Morgan fingerprint density at radius 1 is 1.16 bits per heavy atom. The summed E-state index contributed by atoms with van der Waals surface area (Å²) in [6.45, 7) is 1.68. The van der Waals surface area contributed by atoms with E-state index in [1.807, 2.05) is 18.2 Å². The maximum absolute atomic E-state index is 12.6. The monoisotopic (exact) mass is 363 g/mol. The molecule has 2 aromatic heterocycles. The van der Waals surface area contributed by atoms with Gasteiger partial charge in [0.2, 0.25) is 0 Å². The fourth-order valence-electron chi connectivity index (χ4n) is 2.59. The molecule has 0 unspecified atom stereocenters. The zero-order valence-corrected chi connectivity index (χ0v) is 14.4. The molecule has 2 N–H and O–H groups in total. The highest BCUT2D eigenvalue weighted by Crippen LogP contribution is 2.22. The third kappa shape index (κ3) is 3.37. The highest BCUT2D eigenvalue weighted by atomic mass is 32.2. The van der Waals surface area contributed by atoms with Gasteiger partial charge in [-0.3, -0.25) is 14.0 Å². The Morgan fingerprint density at radius 2 is 1.84 bits per heavy atom. The largest absolute Gasteiger partial charge is 0.472 e. The molecule has 8 nitrogen and oxygen atoms in total. The van der Waals surface area contributed by atoms with E-state index in [1.54, 1.807) is 43.3 Å². The molecule has 0 aliphatic heterocycles. The molecule has 9 heteroatoms. The highest BCUT2D eigenvalue weighted by Gasteiger charge is 2.17. The quantitative estimate of drug-likeness (QED) is 0.672. The van der Waals surface area contributed by atoms with Gasteiger partial charge in [-0.05, 0) is 30.7 Å². The lowest BCUT2D eigenvalue weighted by Gasteiger charge is -2.08. The predicted molar refractivity (Wildman–Crippen MR) is 93.5 cm³/mol. The first kappa shape index (κ1) is 17.1. The summed E-state index contributed by atoms with van der Waals surface area (Å²) in [6, 6.07) is 9.14. The van der Waals surface area contributed by atoms with Gasteiger partial charge in [0.05, 0.1) is 23.9 Å². The Labute approximate surface area is 144 Å². The van der Waals surface area contributed by atoms with E-state index in [9.17, 15) is 13.2 Å². The lowest BCUT2D eigenvalue weighted by Crippen LogP contribution is -2.22. The molecule has 0 amide bonds. The minimum Gasteiger partial charge on any atom is -0.472 e. The summed E-state index contributed by atoms with van der Waals surface area (Å²) < 4.78 is 38.8. The van der Waals surface area contributed by atoms with Crippen LogP contribution in [0.3, 0.4) is 0 Å². The lowest BCUT2D eigenvalue weighted by atomic mass is 10.1. The topological polar surface area (TPSA) is 106 Å². The molecule has 3 rings (SSSR count). The average molecular weight is 363 g/mol. The molecule has 0 radical (unpaired) electrons. The summed E-state index contributed by atoms with van der Waals surface area (Å²) in [7, 11) is -2.54. The maximum Gasteiger partial charge on any atom is 0.295 e. The normalized spacial score (nSPS) is 11.6. The van der Waals surface area contributed by atoms with Gasteiger partial charge in [0.15, 0.2) is 0 Å². The van der Waals surface area contributed by atoms with E-state index in [4.69, 9.17) is 8.97 Å². The van der Waals surface area contributed by atoms with E-state index in [-0.39, 0.29) is 5.69 Å². The third-order valence-electron chi connectivity index (χ3n) is 3.95. The van der Waals surface area contributed by atoms with Crippen LogP contribution in [0.2, 0.25) is 0 Å². The van der Waals surface area contributed by atoms with Crippen molar-refractivity contribution in [3.8, 4) is 16.8 Å². The fourth-order valence-corrected chi connectivity index (χ4v) is 2.92. The first-order chi connectivity index (χ1) is 11.8. The Kier molecular flexibility index (Phi) is 4.27. The molecule has 0 saturated heterocycles. The third-order valence-corrected chi connectivity index (χ3v) is 4.46. The molecule has 132 valence electrons. The van der Waals surface area contributed by atoms with Crippen LogP contribution in [-0.2, 0) is 17.2 Å². The molecular weight excluding hydrogens is 346 g/mol. The van der Waals surface area contributed by atoms with Crippen LogP contribution >= 0.6 is 0 Å². The van der Waals surface area contributed by atoms with Crippen LogP contribution in [0.15, 0.2) is 52.1 Å². The van der Waals surface area contributed by atoms with Gasteiger partial charge in [0, 0.05) is 12.6 Å². The predicted octanol–water partition coefficient (Wildman–Crippen LogP) is 2.00. The van der Waals surface area contributed by atoms with Crippen LogP contribution in [0.25, 0.3) is 16.8 Å². The van der Waals surface area contributed by atoms with Gasteiger partial charge < -0.3 is 9.73 Å². The SMILES string of the molecule is Cc1c(NCS(=O)(=O)O)c(=O)n(-c2ccc(-c3ccoc3)cc2)n1C. The summed E-state index contributed by atoms with van der Waals surface area (Å²) >= 11 is 0. The van der Waals surface area contributed by atoms with Crippen molar-refractivity contribution in [2.24, 2.45) is 7.05 Å². The fraction of sp³-hybridized carbons (Fsp3) is 0.188. The number of hydrogen-bond donors (Lipinski definition) is 2. The number of aromatic nitrogens is 2. The number of anilines is 1. The molecule has 0 spiro atoms. The van der Waals surface area contributed by atoms with Gasteiger partial charge in [-0.2, -0.15) is 8.42 Å². The maximum atomic E-state index is 12.6.